The van der Waals surface area contributed by atoms with E-state index in [1.54, 1.807) is 5.19 Å². The summed E-state index contributed by atoms with van der Waals surface area (Å²) >= 11 is 0.400. The van der Waals surface area contributed by atoms with E-state index in [0.29, 0.717) is 14.5 Å². The molecule has 0 spiro atoms. The molecular formula is C23H17NSeSi. The number of fused-ring (bicyclic) bond motifs is 3. The van der Waals surface area contributed by atoms with E-state index >= 15 is 0 Å². The molecule has 0 fully saturated rings. The second-order valence-electron chi connectivity index (χ2n) is 7.68. The Bertz CT molecular complexity index is 1360. The average molecular weight is 414 g/mol. The van der Waals surface area contributed by atoms with Crippen LogP contribution in [0.5, 0.6) is 0 Å². The minimum atomic E-state index is -1.83. The van der Waals surface area contributed by atoms with Gasteiger partial charge in [0.25, 0.3) is 0 Å². The van der Waals surface area contributed by atoms with Gasteiger partial charge in [0.05, 0.1) is 0 Å². The molecule has 3 aromatic carbocycles. The molecule has 6 rings (SSSR count). The van der Waals surface area contributed by atoms with Crippen molar-refractivity contribution in [3.8, 4) is 11.3 Å². The predicted molar refractivity (Wildman–Crippen MR) is 116 cm³/mol. The minimum absolute atomic E-state index is 0.400. The fraction of sp³-hybridized carbons (Fsp3) is 0.0870. The summed E-state index contributed by atoms with van der Waals surface area (Å²) in [6.07, 6.45) is 2.01. The van der Waals surface area contributed by atoms with Crippen LogP contribution in [0.2, 0.25) is 13.1 Å². The van der Waals surface area contributed by atoms with E-state index in [9.17, 15) is 0 Å². The van der Waals surface area contributed by atoms with E-state index in [1.807, 2.05) is 6.20 Å². The molecule has 1 aliphatic heterocycles. The van der Waals surface area contributed by atoms with Gasteiger partial charge < -0.3 is 0 Å². The average Bonchev–Trinajstić information content (AvgIpc) is 3.02. The van der Waals surface area contributed by atoms with Crippen LogP contribution in [0.1, 0.15) is 0 Å². The van der Waals surface area contributed by atoms with Gasteiger partial charge in [-0.15, -0.1) is 0 Å². The zero-order valence-corrected chi connectivity index (χ0v) is 17.4. The molecule has 0 N–H and O–H groups in total. The van der Waals surface area contributed by atoms with E-state index in [4.69, 9.17) is 4.98 Å². The molecule has 0 saturated carbocycles. The van der Waals surface area contributed by atoms with Crippen molar-refractivity contribution in [3.63, 3.8) is 0 Å². The van der Waals surface area contributed by atoms with Crippen LogP contribution in [0.25, 0.3) is 41.3 Å². The summed E-state index contributed by atoms with van der Waals surface area (Å²) in [6, 6.07) is 22.8. The number of pyridine rings is 1. The van der Waals surface area contributed by atoms with Crippen molar-refractivity contribution in [2.75, 3.05) is 0 Å². The summed E-state index contributed by atoms with van der Waals surface area (Å²) in [7, 11) is -1.83. The Morgan fingerprint density at radius 2 is 1.54 bits per heavy atom. The van der Waals surface area contributed by atoms with Gasteiger partial charge in [-0.2, -0.15) is 0 Å². The van der Waals surface area contributed by atoms with Gasteiger partial charge in [0.2, 0.25) is 0 Å². The van der Waals surface area contributed by atoms with Crippen LogP contribution in [0.4, 0.5) is 0 Å². The van der Waals surface area contributed by atoms with Crippen molar-refractivity contribution >= 4 is 63.0 Å². The van der Waals surface area contributed by atoms with Crippen molar-refractivity contribution in [1.29, 1.82) is 0 Å². The van der Waals surface area contributed by atoms with E-state index in [2.05, 4.69) is 73.8 Å². The zero-order chi connectivity index (χ0) is 17.5. The van der Waals surface area contributed by atoms with Gasteiger partial charge >= 0.3 is 159 Å². The Labute approximate surface area is 159 Å². The fourth-order valence-corrected chi connectivity index (χ4v) is 10.2. The van der Waals surface area contributed by atoms with Gasteiger partial charge in [-0.3, -0.25) is 0 Å². The van der Waals surface area contributed by atoms with E-state index in [-0.39, 0.29) is 0 Å². The van der Waals surface area contributed by atoms with Gasteiger partial charge in [0.1, 0.15) is 0 Å². The van der Waals surface area contributed by atoms with E-state index < -0.39 is 8.07 Å². The first kappa shape index (κ1) is 14.9. The van der Waals surface area contributed by atoms with Crippen molar-refractivity contribution in [2.24, 2.45) is 0 Å². The number of benzene rings is 3. The summed E-state index contributed by atoms with van der Waals surface area (Å²) in [5.41, 5.74) is 2.56. The Hall–Kier alpha value is -2.19. The van der Waals surface area contributed by atoms with Gasteiger partial charge in [0, 0.05) is 0 Å². The Kier molecular flexibility index (Phi) is 2.84. The van der Waals surface area contributed by atoms with Crippen LogP contribution >= 0.6 is 0 Å². The molecule has 0 amide bonds. The molecular weight excluding hydrogens is 397 g/mol. The summed E-state index contributed by atoms with van der Waals surface area (Å²) in [5, 5.41) is 8.69. The van der Waals surface area contributed by atoms with Crippen molar-refractivity contribution in [1.82, 2.24) is 4.98 Å². The third-order valence-corrected chi connectivity index (χ3v) is 11.8. The molecule has 3 heterocycles. The summed E-state index contributed by atoms with van der Waals surface area (Å²) in [5.74, 6) is 0. The molecule has 0 bridgehead atoms. The van der Waals surface area contributed by atoms with E-state index in [1.165, 1.54) is 46.5 Å². The topological polar surface area (TPSA) is 12.9 Å². The number of aromatic nitrogens is 1. The quantitative estimate of drug-likeness (QED) is 0.342. The number of rotatable bonds is 0. The zero-order valence-electron chi connectivity index (χ0n) is 14.7. The summed E-state index contributed by atoms with van der Waals surface area (Å²) in [6.45, 7) is 5.01. The third-order valence-electron chi connectivity index (χ3n) is 5.90. The van der Waals surface area contributed by atoms with Gasteiger partial charge in [-0.1, -0.05) is 0 Å². The predicted octanol–water partition coefficient (Wildman–Crippen LogP) is 4.40. The third kappa shape index (κ3) is 1.78. The maximum atomic E-state index is 4.92. The standard InChI is InChI=1S/C23H17NSeSi/c1-26(2)19-9-5-8-17-21(19)22-18(25-17)10-11-24-23(22)16-12-14-6-3-4-7-15(14)13-20(16)26/h3-13H,1-2H3. The first-order chi connectivity index (χ1) is 12.6. The van der Waals surface area contributed by atoms with Gasteiger partial charge in [-0.05, 0) is 0 Å². The van der Waals surface area contributed by atoms with E-state index in [0.717, 1.165) is 0 Å². The first-order valence-electron chi connectivity index (χ1n) is 8.99. The maximum absolute atomic E-state index is 4.92. The molecule has 0 radical (unpaired) electrons. The molecule has 26 heavy (non-hydrogen) atoms. The molecule has 0 atom stereocenters. The molecule has 1 aliphatic rings. The second-order valence-corrected chi connectivity index (χ2v) is 14.3. The van der Waals surface area contributed by atoms with Gasteiger partial charge in [-0.25, -0.2) is 0 Å². The molecule has 0 aliphatic carbocycles. The Morgan fingerprint density at radius 3 is 2.38 bits per heavy atom. The van der Waals surface area contributed by atoms with Crippen molar-refractivity contribution in [2.45, 2.75) is 13.1 Å². The van der Waals surface area contributed by atoms with Crippen LogP contribution < -0.4 is 10.4 Å². The number of nitrogens with zero attached hydrogens (tertiary/aromatic N) is 1. The summed E-state index contributed by atoms with van der Waals surface area (Å²) < 4.78 is 3.04. The van der Waals surface area contributed by atoms with Crippen LogP contribution in [-0.4, -0.2) is 27.6 Å². The van der Waals surface area contributed by atoms with Crippen LogP contribution in [-0.2, 0) is 0 Å². The normalized spacial score (nSPS) is 14.8. The molecule has 0 unspecified atom stereocenters. The van der Waals surface area contributed by atoms with Crippen molar-refractivity contribution in [3.05, 3.63) is 66.9 Å². The number of hydrogen-bond acceptors (Lipinski definition) is 1. The molecule has 2 aromatic heterocycles. The van der Waals surface area contributed by atoms with Crippen LogP contribution in [0.15, 0.2) is 66.9 Å². The molecule has 124 valence electrons. The number of hydrogen-bond donors (Lipinski definition) is 0. The molecule has 0 saturated heterocycles. The van der Waals surface area contributed by atoms with Crippen LogP contribution in [0, 0.1) is 0 Å². The van der Waals surface area contributed by atoms with Crippen molar-refractivity contribution < 1.29 is 0 Å². The SMILES string of the molecule is C[Si]1(C)c2cc3ccccc3cc2-c2nccc3[se]c4cccc1c4c23. The second kappa shape index (κ2) is 4.95. The summed E-state index contributed by atoms with van der Waals surface area (Å²) in [4.78, 5) is 4.92. The Balaban J connectivity index is 1.92. The van der Waals surface area contributed by atoms with Gasteiger partial charge in [0.15, 0.2) is 0 Å². The monoisotopic (exact) mass is 415 g/mol. The molecule has 5 aromatic rings. The van der Waals surface area contributed by atoms with Crippen LogP contribution in [0.3, 0.4) is 0 Å². The molecule has 3 heteroatoms. The molecule has 1 nitrogen and oxygen atoms in total. The fourth-order valence-electron chi connectivity index (χ4n) is 4.59. The first-order valence-corrected chi connectivity index (χ1v) is 13.7. The Morgan fingerprint density at radius 1 is 0.769 bits per heavy atom.